The fourth-order valence-corrected chi connectivity index (χ4v) is 2.95. The fraction of sp³-hybridized carbons (Fsp3) is 0.250. The van der Waals surface area contributed by atoms with Crippen molar-refractivity contribution in [2.45, 2.75) is 20.8 Å². The van der Waals surface area contributed by atoms with Crippen LogP contribution in [0.1, 0.15) is 16.7 Å². The van der Waals surface area contributed by atoms with Gasteiger partial charge in [-0.1, -0.05) is 17.7 Å². The molecule has 0 bridgehead atoms. The highest BCUT2D eigenvalue weighted by Gasteiger charge is 2.10. The molecule has 0 radical (unpaired) electrons. The minimum absolute atomic E-state index is 0.356. The fourth-order valence-electron chi connectivity index (χ4n) is 2.95. The van der Waals surface area contributed by atoms with Crippen LogP contribution in [0.5, 0.6) is 11.5 Å². The number of hydrogen-bond donors (Lipinski definition) is 2. The Balaban J connectivity index is 1.87. The smallest absolute Gasteiger partial charge is 0.249 e. The lowest BCUT2D eigenvalue weighted by molar-refractivity contribution is 0.405. The van der Waals surface area contributed by atoms with Gasteiger partial charge in [0.2, 0.25) is 5.95 Å². The van der Waals surface area contributed by atoms with Crippen molar-refractivity contribution < 1.29 is 9.47 Å². The maximum Gasteiger partial charge on any atom is 0.249 e. The summed E-state index contributed by atoms with van der Waals surface area (Å²) in [6, 6.07) is 9.71. The van der Waals surface area contributed by atoms with Crippen molar-refractivity contribution in [3.63, 3.8) is 0 Å². The lowest BCUT2D eigenvalue weighted by atomic mass is 10.1. The zero-order valence-corrected chi connectivity index (χ0v) is 16.1. The van der Waals surface area contributed by atoms with Crippen molar-refractivity contribution in [1.82, 2.24) is 15.2 Å². The summed E-state index contributed by atoms with van der Waals surface area (Å²) in [6.07, 6.45) is 1.59. The number of benzene rings is 2. The first-order chi connectivity index (χ1) is 13.0. The summed E-state index contributed by atoms with van der Waals surface area (Å²) in [5, 5.41) is 14.6. The Morgan fingerprint density at radius 1 is 0.889 bits per heavy atom. The second-order valence-corrected chi connectivity index (χ2v) is 6.26. The van der Waals surface area contributed by atoms with Crippen molar-refractivity contribution in [1.29, 1.82) is 0 Å². The lowest BCUT2D eigenvalue weighted by Gasteiger charge is -2.14. The van der Waals surface area contributed by atoms with Crippen LogP contribution in [0.2, 0.25) is 0 Å². The number of aryl methyl sites for hydroxylation is 3. The highest BCUT2D eigenvalue weighted by atomic mass is 16.5. The van der Waals surface area contributed by atoms with E-state index in [-0.39, 0.29) is 0 Å². The largest absolute Gasteiger partial charge is 0.497 e. The molecule has 0 aliphatic heterocycles. The van der Waals surface area contributed by atoms with Gasteiger partial charge in [-0.2, -0.15) is 10.1 Å². The third-order valence-electron chi connectivity index (χ3n) is 4.14. The van der Waals surface area contributed by atoms with E-state index in [4.69, 9.17) is 9.47 Å². The minimum Gasteiger partial charge on any atom is -0.497 e. The van der Waals surface area contributed by atoms with Crippen molar-refractivity contribution in [2.75, 3.05) is 24.9 Å². The molecule has 7 nitrogen and oxygen atoms in total. The van der Waals surface area contributed by atoms with Crippen LogP contribution in [0.25, 0.3) is 0 Å². The quantitative estimate of drug-likeness (QED) is 0.674. The molecule has 1 heterocycles. The number of nitrogens with one attached hydrogen (secondary N) is 2. The number of ether oxygens (including phenoxy) is 2. The van der Waals surface area contributed by atoms with Gasteiger partial charge < -0.3 is 20.1 Å². The first kappa shape index (κ1) is 18.4. The van der Waals surface area contributed by atoms with Gasteiger partial charge in [0, 0.05) is 11.8 Å². The van der Waals surface area contributed by atoms with E-state index in [0.29, 0.717) is 29.0 Å². The van der Waals surface area contributed by atoms with E-state index in [2.05, 4.69) is 58.7 Å². The molecule has 27 heavy (non-hydrogen) atoms. The topological polar surface area (TPSA) is 81.2 Å². The van der Waals surface area contributed by atoms with Gasteiger partial charge in [-0.15, -0.1) is 5.10 Å². The molecule has 140 valence electrons. The zero-order chi connectivity index (χ0) is 19.4. The Bertz CT molecular complexity index is 936. The van der Waals surface area contributed by atoms with Gasteiger partial charge in [0.15, 0.2) is 5.82 Å². The van der Waals surface area contributed by atoms with Gasteiger partial charge in [-0.3, -0.25) is 0 Å². The molecule has 0 saturated heterocycles. The third kappa shape index (κ3) is 4.25. The summed E-state index contributed by atoms with van der Waals surface area (Å²) in [5.74, 6) is 2.31. The standard InChI is InChI=1S/C20H23N5O2/c1-12-8-13(2)19(14(3)9-12)23-18-11-21-25-20(24-18)22-16-10-15(26-4)6-7-17(16)27-5/h6-11H,1-5H3,(H2,22,23,24,25). The molecule has 1 aromatic heterocycles. The molecule has 2 N–H and O–H groups in total. The van der Waals surface area contributed by atoms with Crippen LogP contribution >= 0.6 is 0 Å². The van der Waals surface area contributed by atoms with Crippen LogP contribution in [0.15, 0.2) is 36.5 Å². The maximum atomic E-state index is 5.38. The molecule has 7 heteroatoms. The van der Waals surface area contributed by atoms with E-state index < -0.39 is 0 Å². The van der Waals surface area contributed by atoms with Crippen LogP contribution in [0, 0.1) is 20.8 Å². The first-order valence-corrected chi connectivity index (χ1v) is 8.54. The lowest BCUT2D eigenvalue weighted by Crippen LogP contribution is -2.05. The SMILES string of the molecule is COc1ccc(OC)c(Nc2nncc(Nc3c(C)cc(C)cc3C)n2)c1. The van der Waals surface area contributed by atoms with E-state index in [9.17, 15) is 0 Å². The highest BCUT2D eigenvalue weighted by molar-refractivity contribution is 5.67. The van der Waals surface area contributed by atoms with Gasteiger partial charge >= 0.3 is 0 Å². The average Bonchev–Trinajstić information content (AvgIpc) is 2.65. The number of anilines is 4. The molecule has 0 atom stereocenters. The number of nitrogens with zero attached hydrogens (tertiary/aromatic N) is 3. The van der Waals surface area contributed by atoms with Crippen LogP contribution in [-0.2, 0) is 0 Å². The molecule has 2 aromatic carbocycles. The summed E-state index contributed by atoms with van der Waals surface area (Å²) in [4.78, 5) is 4.51. The van der Waals surface area contributed by atoms with E-state index in [0.717, 1.165) is 16.8 Å². The van der Waals surface area contributed by atoms with E-state index in [1.165, 1.54) is 5.56 Å². The van der Waals surface area contributed by atoms with Gasteiger partial charge in [0.1, 0.15) is 11.5 Å². The molecule has 3 aromatic rings. The zero-order valence-electron chi connectivity index (χ0n) is 16.1. The van der Waals surface area contributed by atoms with Crippen molar-refractivity contribution in [2.24, 2.45) is 0 Å². The van der Waals surface area contributed by atoms with Crippen molar-refractivity contribution in [3.05, 3.63) is 53.2 Å². The summed E-state index contributed by atoms with van der Waals surface area (Å²) in [5.41, 5.74) is 5.23. The minimum atomic E-state index is 0.356. The molecule has 0 amide bonds. The van der Waals surface area contributed by atoms with E-state index >= 15 is 0 Å². The number of hydrogen-bond acceptors (Lipinski definition) is 7. The monoisotopic (exact) mass is 365 g/mol. The summed E-state index contributed by atoms with van der Waals surface area (Å²) in [7, 11) is 3.22. The maximum absolute atomic E-state index is 5.38. The molecule has 0 aliphatic rings. The summed E-state index contributed by atoms with van der Waals surface area (Å²) >= 11 is 0. The molecule has 3 rings (SSSR count). The third-order valence-corrected chi connectivity index (χ3v) is 4.14. The van der Waals surface area contributed by atoms with Crippen LogP contribution < -0.4 is 20.1 Å². The van der Waals surface area contributed by atoms with E-state index in [1.807, 2.05) is 18.2 Å². The second-order valence-electron chi connectivity index (χ2n) is 6.26. The Labute approximate surface area is 158 Å². The molecule has 0 aliphatic carbocycles. The molecule has 0 spiro atoms. The number of rotatable bonds is 6. The Morgan fingerprint density at radius 2 is 1.63 bits per heavy atom. The van der Waals surface area contributed by atoms with Gasteiger partial charge in [-0.05, 0) is 44.0 Å². The predicted molar refractivity (Wildman–Crippen MR) is 107 cm³/mol. The second kappa shape index (κ2) is 7.90. The summed E-state index contributed by atoms with van der Waals surface area (Å²) in [6.45, 7) is 6.22. The van der Waals surface area contributed by atoms with Crippen LogP contribution in [-0.4, -0.2) is 29.4 Å². The van der Waals surface area contributed by atoms with Crippen molar-refractivity contribution >= 4 is 23.1 Å². The van der Waals surface area contributed by atoms with E-state index in [1.54, 1.807) is 20.4 Å². The van der Waals surface area contributed by atoms with Crippen molar-refractivity contribution in [3.8, 4) is 11.5 Å². The number of methoxy groups -OCH3 is 2. The molecule has 0 unspecified atom stereocenters. The number of aromatic nitrogens is 3. The van der Waals surface area contributed by atoms with Gasteiger partial charge in [-0.25, -0.2) is 0 Å². The van der Waals surface area contributed by atoms with Gasteiger partial charge in [0.05, 0.1) is 26.1 Å². The molecular weight excluding hydrogens is 342 g/mol. The highest BCUT2D eigenvalue weighted by Crippen LogP contribution is 2.31. The molecule has 0 saturated carbocycles. The predicted octanol–water partition coefficient (Wildman–Crippen LogP) is 4.30. The summed E-state index contributed by atoms with van der Waals surface area (Å²) < 4.78 is 10.6. The average molecular weight is 365 g/mol. The van der Waals surface area contributed by atoms with Crippen LogP contribution in [0.3, 0.4) is 0 Å². The first-order valence-electron chi connectivity index (χ1n) is 8.54. The van der Waals surface area contributed by atoms with Gasteiger partial charge in [0.25, 0.3) is 0 Å². The molecule has 0 fully saturated rings. The van der Waals surface area contributed by atoms with Crippen LogP contribution in [0.4, 0.5) is 23.1 Å². The Kier molecular flexibility index (Phi) is 5.40. The Morgan fingerprint density at radius 3 is 2.30 bits per heavy atom. The normalized spacial score (nSPS) is 10.4. The molecular formula is C20H23N5O2. The Hall–Kier alpha value is -3.35.